The summed E-state index contributed by atoms with van der Waals surface area (Å²) in [5, 5.41) is 0. The molecule has 0 atom stereocenters. The van der Waals surface area contributed by atoms with Crippen molar-refractivity contribution in [2.75, 3.05) is 32.8 Å². The standard InChI is InChI=1S/C14H18N2O3S/c15-9-11-1-2-14-12(7-11)8-13(20(14,17)18)10-16-3-5-19-6-4-16/h1-2,7-8H,3-6,9-10,15H2. The molecule has 1 aromatic rings. The summed E-state index contributed by atoms with van der Waals surface area (Å²) >= 11 is 0. The first-order chi connectivity index (χ1) is 9.61. The molecule has 0 unspecified atom stereocenters. The van der Waals surface area contributed by atoms with Gasteiger partial charge in [-0.2, -0.15) is 0 Å². The van der Waals surface area contributed by atoms with Crippen LogP contribution in [-0.4, -0.2) is 46.2 Å². The molecule has 2 aliphatic heterocycles. The van der Waals surface area contributed by atoms with Gasteiger partial charge in [-0.15, -0.1) is 0 Å². The Morgan fingerprint density at radius 3 is 2.70 bits per heavy atom. The van der Waals surface area contributed by atoms with Crippen molar-refractivity contribution in [1.82, 2.24) is 4.90 Å². The number of hydrogen-bond acceptors (Lipinski definition) is 5. The van der Waals surface area contributed by atoms with Crippen molar-refractivity contribution in [3.8, 4) is 0 Å². The maximum Gasteiger partial charge on any atom is 0.204 e. The smallest absolute Gasteiger partial charge is 0.204 e. The van der Waals surface area contributed by atoms with Gasteiger partial charge in [0.05, 0.1) is 23.0 Å². The van der Waals surface area contributed by atoms with Crippen molar-refractivity contribution < 1.29 is 13.2 Å². The molecule has 0 aliphatic carbocycles. The highest BCUT2D eigenvalue weighted by Gasteiger charge is 2.30. The quantitative estimate of drug-likeness (QED) is 0.884. The second-order valence-electron chi connectivity index (χ2n) is 5.08. The zero-order valence-corrected chi connectivity index (χ0v) is 12.0. The van der Waals surface area contributed by atoms with Crippen LogP contribution >= 0.6 is 0 Å². The summed E-state index contributed by atoms with van der Waals surface area (Å²) in [5.74, 6) is 0. The number of benzene rings is 1. The number of morpholine rings is 1. The Balaban J connectivity index is 1.89. The molecule has 5 nitrogen and oxygen atoms in total. The molecule has 0 amide bonds. The molecule has 2 N–H and O–H groups in total. The van der Waals surface area contributed by atoms with Crippen LogP contribution in [0.4, 0.5) is 0 Å². The predicted octanol–water partition coefficient (Wildman–Crippen LogP) is 0.606. The number of fused-ring (bicyclic) bond motifs is 1. The van der Waals surface area contributed by atoms with E-state index < -0.39 is 9.84 Å². The lowest BCUT2D eigenvalue weighted by Gasteiger charge is -2.26. The Hall–Kier alpha value is -1.21. The van der Waals surface area contributed by atoms with Crippen molar-refractivity contribution in [3.05, 3.63) is 34.2 Å². The van der Waals surface area contributed by atoms with Crippen molar-refractivity contribution >= 4 is 15.9 Å². The Labute approximate surface area is 118 Å². The number of nitrogens with zero attached hydrogens (tertiary/aromatic N) is 1. The topological polar surface area (TPSA) is 72.6 Å². The van der Waals surface area contributed by atoms with Gasteiger partial charge in [-0.25, -0.2) is 8.42 Å². The minimum absolute atomic E-state index is 0.401. The third-order valence-corrected chi connectivity index (χ3v) is 5.63. The number of nitrogens with two attached hydrogens (primary N) is 1. The number of hydrogen-bond donors (Lipinski definition) is 1. The molecule has 0 spiro atoms. The average Bonchev–Trinajstić information content (AvgIpc) is 2.71. The van der Waals surface area contributed by atoms with Crippen LogP contribution in [0.2, 0.25) is 0 Å². The normalized spacial score (nSPS) is 21.6. The maximum absolute atomic E-state index is 12.5. The zero-order chi connectivity index (χ0) is 14.2. The lowest BCUT2D eigenvalue weighted by molar-refractivity contribution is 0.0430. The van der Waals surface area contributed by atoms with E-state index in [1.54, 1.807) is 18.2 Å². The lowest BCUT2D eigenvalue weighted by Crippen LogP contribution is -2.38. The number of sulfone groups is 1. The van der Waals surface area contributed by atoms with Crippen LogP contribution in [0, 0.1) is 0 Å². The van der Waals surface area contributed by atoms with Gasteiger partial charge in [-0.3, -0.25) is 4.90 Å². The maximum atomic E-state index is 12.5. The molecule has 20 heavy (non-hydrogen) atoms. The molecule has 0 saturated carbocycles. The van der Waals surface area contributed by atoms with Crippen molar-refractivity contribution in [3.63, 3.8) is 0 Å². The Morgan fingerprint density at radius 2 is 2.00 bits per heavy atom. The highest BCUT2D eigenvalue weighted by molar-refractivity contribution is 7.95. The second-order valence-corrected chi connectivity index (χ2v) is 7.05. The first kappa shape index (κ1) is 13.8. The largest absolute Gasteiger partial charge is 0.379 e. The molecule has 1 aromatic carbocycles. The fourth-order valence-electron chi connectivity index (χ4n) is 2.58. The SMILES string of the molecule is NCc1ccc2c(c1)C=C(CN1CCOCC1)S2(=O)=O. The van der Waals surface area contributed by atoms with E-state index in [0.717, 1.165) is 24.2 Å². The van der Waals surface area contributed by atoms with E-state index in [1.807, 2.05) is 6.07 Å². The first-order valence-electron chi connectivity index (χ1n) is 6.70. The van der Waals surface area contributed by atoms with Crippen LogP contribution in [0.3, 0.4) is 0 Å². The van der Waals surface area contributed by atoms with E-state index in [-0.39, 0.29) is 0 Å². The summed E-state index contributed by atoms with van der Waals surface area (Å²) in [7, 11) is -3.33. The van der Waals surface area contributed by atoms with E-state index in [2.05, 4.69) is 4.90 Å². The molecule has 2 heterocycles. The zero-order valence-electron chi connectivity index (χ0n) is 11.2. The third-order valence-electron chi connectivity index (χ3n) is 3.74. The molecular formula is C14H18N2O3S. The summed E-state index contributed by atoms with van der Waals surface area (Å²) in [5.41, 5.74) is 7.31. The van der Waals surface area contributed by atoms with E-state index in [9.17, 15) is 8.42 Å². The van der Waals surface area contributed by atoms with Crippen molar-refractivity contribution in [2.45, 2.75) is 11.4 Å². The van der Waals surface area contributed by atoms with Gasteiger partial charge < -0.3 is 10.5 Å². The Morgan fingerprint density at radius 1 is 1.25 bits per heavy atom. The van der Waals surface area contributed by atoms with Crippen molar-refractivity contribution in [1.29, 1.82) is 0 Å². The summed E-state index contributed by atoms with van der Waals surface area (Å²) in [6.45, 7) is 3.75. The molecule has 0 bridgehead atoms. The summed E-state index contributed by atoms with van der Waals surface area (Å²) < 4.78 is 30.3. The van der Waals surface area contributed by atoms with Crippen LogP contribution in [0.15, 0.2) is 28.0 Å². The van der Waals surface area contributed by atoms with E-state index >= 15 is 0 Å². The van der Waals surface area contributed by atoms with Gasteiger partial charge in [0, 0.05) is 26.2 Å². The fourth-order valence-corrected chi connectivity index (χ4v) is 4.18. The molecule has 2 aliphatic rings. The molecular weight excluding hydrogens is 276 g/mol. The minimum Gasteiger partial charge on any atom is -0.379 e. The highest BCUT2D eigenvalue weighted by atomic mass is 32.2. The average molecular weight is 294 g/mol. The van der Waals surface area contributed by atoms with Crippen LogP contribution in [0.25, 0.3) is 6.08 Å². The molecule has 1 saturated heterocycles. The van der Waals surface area contributed by atoms with E-state index in [1.165, 1.54) is 0 Å². The van der Waals surface area contributed by atoms with Gasteiger partial charge in [0.15, 0.2) is 0 Å². The van der Waals surface area contributed by atoms with Gasteiger partial charge in [-0.05, 0) is 29.3 Å². The van der Waals surface area contributed by atoms with Crippen LogP contribution in [-0.2, 0) is 21.1 Å². The molecule has 1 fully saturated rings. The Bertz CT molecular complexity index is 646. The first-order valence-corrected chi connectivity index (χ1v) is 8.18. The minimum atomic E-state index is -3.33. The lowest BCUT2D eigenvalue weighted by atomic mass is 10.1. The van der Waals surface area contributed by atoms with Gasteiger partial charge in [0.2, 0.25) is 9.84 Å². The number of ether oxygens (including phenoxy) is 1. The van der Waals surface area contributed by atoms with E-state index in [0.29, 0.717) is 36.1 Å². The summed E-state index contributed by atoms with van der Waals surface area (Å²) in [6, 6.07) is 5.30. The van der Waals surface area contributed by atoms with E-state index in [4.69, 9.17) is 10.5 Å². The van der Waals surface area contributed by atoms with Gasteiger partial charge in [0.25, 0.3) is 0 Å². The molecule has 0 radical (unpaired) electrons. The molecule has 108 valence electrons. The predicted molar refractivity (Wildman–Crippen MR) is 76.8 cm³/mol. The van der Waals surface area contributed by atoms with Gasteiger partial charge in [-0.1, -0.05) is 6.07 Å². The number of rotatable bonds is 3. The highest BCUT2D eigenvalue weighted by Crippen LogP contribution is 2.33. The van der Waals surface area contributed by atoms with Crippen LogP contribution in [0.1, 0.15) is 11.1 Å². The van der Waals surface area contributed by atoms with Crippen LogP contribution in [0.5, 0.6) is 0 Å². The Kier molecular flexibility index (Phi) is 3.64. The fraction of sp³-hybridized carbons (Fsp3) is 0.429. The molecule has 0 aromatic heterocycles. The van der Waals surface area contributed by atoms with Crippen molar-refractivity contribution in [2.24, 2.45) is 5.73 Å². The summed E-state index contributed by atoms with van der Waals surface area (Å²) in [6.07, 6.45) is 1.78. The van der Waals surface area contributed by atoms with Gasteiger partial charge >= 0.3 is 0 Å². The van der Waals surface area contributed by atoms with Crippen LogP contribution < -0.4 is 5.73 Å². The molecule has 6 heteroatoms. The van der Waals surface area contributed by atoms with Gasteiger partial charge in [0.1, 0.15) is 0 Å². The molecule has 3 rings (SSSR count). The third kappa shape index (κ3) is 2.40. The summed E-state index contributed by atoms with van der Waals surface area (Å²) in [4.78, 5) is 2.99. The monoisotopic (exact) mass is 294 g/mol. The second kappa shape index (κ2) is 5.29.